The summed E-state index contributed by atoms with van der Waals surface area (Å²) in [6.45, 7) is 0.396. The third-order valence-corrected chi connectivity index (χ3v) is 3.02. The molecule has 0 saturated heterocycles. The monoisotopic (exact) mass is 301 g/mol. The van der Waals surface area contributed by atoms with E-state index in [-0.39, 0.29) is 17.2 Å². The molecule has 0 amide bonds. The summed E-state index contributed by atoms with van der Waals surface area (Å²) in [4.78, 5) is 22.4. The predicted octanol–water partition coefficient (Wildman–Crippen LogP) is -0.902. The highest BCUT2D eigenvalue weighted by Gasteiger charge is 2.12. The molecule has 0 radical (unpaired) electrons. The Kier molecular flexibility index (Phi) is 3.53. The molecular formula is C12H12BN5O4. The van der Waals surface area contributed by atoms with Crippen LogP contribution in [0.25, 0.3) is 11.2 Å². The third-order valence-electron chi connectivity index (χ3n) is 3.02. The predicted molar refractivity (Wildman–Crippen MR) is 78.9 cm³/mol. The molecule has 0 fully saturated rings. The Hall–Kier alpha value is -2.85. The van der Waals surface area contributed by atoms with Crippen LogP contribution in [0, 0.1) is 0 Å². The van der Waals surface area contributed by atoms with Crippen molar-refractivity contribution in [1.82, 2.24) is 19.5 Å². The molecule has 3 aromatic rings. The number of aromatic nitrogens is 4. The second kappa shape index (κ2) is 5.50. The number of benzene rings is 1. The van der Waals surface area contributed by atoms with Crippen LogP contribution < -0.4 is 15.9 Å². The van der Waals surface area contributed by atoms with Gasteiger partial charge in [-0.3, -0.25) is 9.78 Å². The van der Waals surface area contributed by atoms with Crippen LogP contribution in [0.1, 0.15) is 5.56 Å². The number of nitrogen functional groups attached to an aromatic ring is 1. The molecule has 0 unspecified atom stereocenters. The second-order valence-electron chi connectivity index (χ2n) is 4.58. The van der Waals surface area contributed by atoms with Crippen molar-refractivity contribution in [2.45, 2.75) is 6.54 Å². The lowest BCUT2D eigenvalue weighted by Gasteiger charge is -2.07. The molecule has 3 rings (SSSR count). The molecule has 0 aliphatic carbocycles. The number of fused-ring (bicyclic) bond motifs is 1. The van der Waals surface area contributed by atoms with E-state index in [0.717, 1.165) is 5.56 Å². The first-order valence-electron chi connectivity index (χ1n) is 6.35. The summed E-state index contributed by atoms with van der Waals surface area (Å²) in [6, 6.07) is 6.66. The fourth-order valence-electron chi connectivity index (χ4n) is 2.11. The Morgan fingerprint density at radius 3 is 2.73 bits per heavy atom. The number of nitrogens with one attached hydrogen (secondary N) is 1. The molecule has 1 aromatic carbocycles. The Morgan fingerprint density at radius 1 is 1.32 bits per heavy atom. The quantitative estimate of drug-likeness (QED) is 0.458. The average Bonchev–Trinajstić information content (AvgIpc) is 2.83. The maximum Gasteiger partial charge on any atom is 0.707 e. The van der Waals surface area contributed by atoms with E-state index in [0.29, 0.717) is 17.8 Å². The molecule has 2 heterocycles. The molecule has 112 valence electrons. The van der Waals surface area contributed by atoms with Crippen LogP contribution in [-0.4, -0.2) is 36.9 Å². The Morgan fingerprint density at radius 2 is 2.05 bits per heavy atom. The minimum absolute atomic E-state index is 0.0202. The van der Waals surface area contributed by atoms with Crippen LogP contribution >= 0.6 is 0 Å². The highest BCUT2D eigenvalue weighted by atomic mass is 16.6. The van der Waals surface area contributed by atoms with E-state index in [1.807, 2.05) is 0 Å². The molecule has 5 N–H and O–H groups in total. The van der Waals surface area contributed by atoms with Crippen molar-refractivity contribution < 1.29 is 14.7 Å². The molecule has 0 atom stereocenters. The molecule has 0 aliphatic rings. The first-order chi connectivity index (χ1) is 10.5. The zero-order chi connectivity index (χ0) is 15.7. The van der Waals surface area contributed by atoms with E-state index < -0.39 is 7.32 Å². The van der Waals surface area contributed by atoms with E-state index in [1.165, 1.54) is 6.33 Å². The molecule has 0 bridgehead atoms. The molecule has 9 nitrogen and oxygen atoms in total. The Balaban J connectivity index is 1.89. The molecule has 0 aliphatic heterocycles. The maximum absolute atomic E-state index is 11.9. The van der Waals surface area contributed by atoms with Gasteiger partial charge < -0.3 is 25.0 Å². The average molecular weight is 301 g/mol. The molecular weight excluding hydrogens is 289 g/mol. The Labute approximate surface area is 124 Å². The molecule has 0 saturated carbocycles. The van der Waals surface area contributed by atoms with Gasteiger partial charge in [-0.05, 0) is 17.7 Å². The Bertz CT molecular complexity index is 858. The lowest BCUT2D eigenvalue weighted by Crippen LogP contribution is -2.20. The van der Waals surface area contributed by atoms with Gasteiger partial charge in [0.25, 0.3) is 5.56 Å². The summed E-state index contributed by atoms with van der Waals surface area (Å²) < 4.78 is 6.37. The highest BCUT2D eigenvalue weighted by Crippen LogP contribution is 2.15. The van der Waals surface area contributed by atoms with Gasteiger partial charge in [-0.15, -0.1) is 0 Å². The van der Waals surface area contributed by atoms with Crippen molar-refractivity contribution in [3.05, 3.63) is 46.5 Å². The van der Waals surface area contributed by atoms with Crippen molar-refractivity contribution in [3.63, 3.8) is 0 Å². The van der Waals surface area contributed by atoms with Gasteiger partial charge in [0.15, 0.2) is 11.2 Å². The van der Waals surface area contributed by atoms with E-state index >= 15 is 0 Å². The van der Waals surface area contributed by atoms with E-state index in [1.54, 1.807) is 28.8 Å². The SMILES string of the molecule is Nc1nc2ncn(Cc3ccc(OB(O)O)cc3)c2c(=O)[nH]1. The van der Waals surface area contributed by atoms with E-state index in [2.05, 4.69) is 15.0 Å². The number of nitrogens with two attached hydrogens (primary N) is 1. The first kappa shape index (κ1) is 14.1. The molecule has 10 heteroatoms. The summed E-state index contributed by atoms with van der Waals surface area (Å²) in [5.74, 6) is 0.341. The number of anilines is 1. The largest absolute Gasteiger partial charge is 0.707 e. The van der Waals surface area contributed by atoms with Crippen LogP contribution in [0.5, 0.6) is 5.75 Å². The van der Waals surface area contributed by atoms with Gasteiger partial charge >= 0.3 is 7.32 Å². The van der Waals surface area contributed by atoms with Gasteiger partial charge in [0, 0.05) is 6.54 Å². The number of nitrogens with zero attached hydrogens (tertiary/aromatic N) is 3. The minimum Gasteiger partial charge on any atom is -0.512 e. The minimum atomic E-state index is -1.86. The van der Waals surface area contributed by atoms with Crippen molar-refractivity contribution in [3.8, 4) is 5.75 Å². The van der Waals surface area contributed by atoms with Crippen molar-refractivity contribution in [1.29, 1.82) is 0 Å². The van der Waals surface area contributed by atoms with Gasteiger partial charge in [-0.2, -0.15) is 4.98 Å². The summed E-state index contributed by atoms with van der Waals surface area (Å²) in [5.41, 5.74) is 6.60. The maximum atomic E-state index is 11.9. The summed E-state index contributed by atoms with van der Waals surface area (Å²) in [7, 11) is -1.86. The van der Waals surface area contributed by atoms with Crippen LogP contribution in [0.3, 0.4) is 0 Å². The number of hydrogen-bond acceptors (Lipinski definition) is 7. The fraction of sp³-hybridized carbons (Fsp3) is 0.0833. The zero-order valence-corrected chi connectivity index (χ0v) is 11.3. The number of rotatable bonds is 4. The fourth-order valence-corrected chi connectivity index (χ4v) is 2.11. The van der Waals surface area contributed by atoms with Crippen LogP contribution in [-0.2, 0) is 6.54 Å². The van der Waals surface area contributed by atoms with Crippen molar-refractivity contribution in [2.75, 3.05) is 5.73 Å². The first-order valence-corrected chi connectivity index (χ1v) is 6.35. The van der Waals surface area contributed by atoms with Gasteiger partial charge in [0.2, 0.25) is 5.95 Å². The van der Waals surface area contributed by atoms with Crippen LogP contribution in [0.2, 0.25) is 0 Å². The second-order valence-corrected chi connectivity index (χ2v) is 4.58. The lowest BCUT2D eigenvalue weighted by atomic mass is 10.2. The number of imidazole rings is 1. The molecule has 22 heavy (non-hydrogen) atoms. The normalized spacial score (nSPS) is 10.8. The van der Waals surface area contributed by atoms with Gasteiger partial charge in [-0.25, -0.2) is 4.98 Å². The number of hydrogen-bond donors (Lipinski definition) is 4. The van der Waals surface area contributed by atoms with Crippen LogP contribution in [0.15, 0.2) is 35.4 Å². The topological polar surface area (TPSA) is 139 Å². The standard InChI is InChI=1S/C12H12BN5O4/c14-12-16-10-9(11(19)17-12)18(6-15-10)5-7-1-3-8(4-2-7)22-13(20)21/h1-4,6,20-21H,5H2,(H3,14,16,17,19). The van der Waals surface area contributed by atoms with Crippen molar-refractivity contribution >= 4 is 24.4 Å². The molecule has 2 aromatic heterocycles. The summed E-state index contributed by atoms with van der Waals surface area (Å²) in [6.07, 6.45) is 1.51. The number of aromatic amines is 1. The van der Waals surface area contributed by atoms with E-state index in [9.17, 15) is 4.79 Å². The third kappa shape index (κ3) is 2.78. The summed E-state index contributed by atoms with van der Waals surface area (Å²) >= 11 is 0. The smallest absolute Gasteiger partial charge is 0.512 e. The zero-order valence-electron chi connectivity index (χ0n) is 11.3. The lowest BCUT2D eigenvalue weighted by molar-refractivity contribution is 0.288. The highest BCUT2D eigenvalue weighted by molar-refractivity contribution is 6.33. The van der Waals surface area contributed by atoms with E-state index in [4.69, 9.17) is 20.4 Å². The molecule has 0 spiro atoms. The van der Waals surface area contributed by atoms with Gasteiger partial charge in [0.1, 0.15) is 5.75 Å². The number of H-pyrrole nitrogens is 1. The van der Waals surface area contributed by atoms with Crippen LogP contribution in [0.4, 0.5) is 5.95 Å². The van der Waals surface area contributed by atoms with Gasteiger partial charge in [0.05, 0.1) is 6.33 Å². The summed E-state index contributed by atoms with van der Waals surface area (Å²) in [5, 5.41) is 17.4. The van der Waals surface area contributed by atoms with Gasteiger partial charge in [-0.1, -0.05) is 12.1 Å². The van der Waals surface area contributed by atoms with Crippen molar-refractivity contribution in [2.24, 2.45) is 0 Å².